The lowest BCUT2D eigenvalue weighted by molar-refractivity contribution is 0.509. The van der Waals surface area contributed by atoms with Crippen LogP contribution in [0, 0.1) is 0 Å². The third-order valence-electron chi connectivity index (χ3n) is 5.49. The van der Waals surface area contributed by atoms with Crippen LogP contribution in [0.5, 0.6) is 5.75 Å². The summed E-state index contributed by atoms with van der Waals surface area (Å²) in [7, 11) is 3.53. The summed E-state index contributed by atoms with van der Waals surface area (Å²) in [4.78, 5) is 29.8. The highest BCUT2D eigenvalue weighted by atomic mass is 35.5. The van der Waals surface area contributed by atoms with Gasteiger partial charge in [0.2, 0.25) is 5.95 Å². The number of rotatable bonds is 6. The van der Waals surface area contributed by atoms with E-state index in [1.165, 1.54) is 24.8 Å². The molecule has 0 bridgehead atoms. The van der Waals surface area contributed by atoms with Gasteiger partial charge in [0.1, 0.15) is 21.9 Å². The molecule has 4 aromatic heterocycles. The lowest BCUT2D eigenvalue weighted by Gasteiger charge is -2.11. The quantitative estimate of drug-likeness (QED) is 0.417. The molecule has 0 atom stereocenters. The highest BCUT2D eigenvalue weighted by molar-refractivity contribution is 6.36. The lowest BCUT2D eigenvalue weighted by atomic mass is 10.2. The van der Waals surface area contributed by atoms with Gasteiger partial charge < -0.3 is 24.9 Å². The Labute approximate surface area is 193 Å². The van der Waals surface area contributed by atoms with Crippen LogP contribution in [0.4, 0.5) is 11.6 Å². The van der Waals surface area contributed by atoms with Crippen LogP contribution in [0.25, 0.3) is 16.9 Å². The molecule has 0 spiro atoms. The molecule has 1 aliphatic carbocycles. The number of imidazole rings is 1. The van der Waals surface area contributed by atoms with E-state index in [1.807, 2.05) is 12.3 Å². The molecule has 10 nitrogen and oxygen atoms in total. The van der Waals surface area contributed by atoms with Crippen molar-refractivity contribution < 1.29 is 4.74 Å². The third kappa shape index (κ3) is 3.89. The summed E-state index contributed by atoms with van der Waals surface area (Å²) in [6.07, 6.45) is 11.5. The van der Waals surface area contributed by atoms with Crippen molar-refractivity contribution in [1.29, 1.82) is 0 Å². The highest BCUT2D eigenvalue weighted by Gasteiger charge is 2.25. The molecule has 33 heavy (non-hydrogen) atoms. The van der Waals surface area contributed by atoms with E-state index in [4.69, 9.17) is 22.1 Å². The van der Waals surface area contributed by atoms with Gasteiger partial charge in [-0.05, 0) is 30.4 Å². The molecule has 4 aromatic rings. The lowest BCUT2D eigenvalue weighted by Crippen LogP contribution is -2.20. The zero-order valence-corrected chi connectivity index (χ0v) is 18.7. The maximum absolute atomic E-state index is 12.7. The number of aromatic nitrogens is 6. The number of nitrogens with zero attached hydrogens (tertiary/aromatic N) is 6. The van der Waals surface area contributed by atoms with E-state index in [2.05, 4.69) is 25.3 Å². The standard InChI is InChI=1S/C22H21ClN8O2/c1-30-11-13(12-3-4-12)7-14(21(30)32)28-22-29-20-19(31(22)2)18(23)17(10-27-20)33-16(8-24)15-9-25-5-6-26-15/h5-12H,3-4,24H2,1-2H3,(H,27,28,29). The molecule has 11 heteroatoms. The minimum atomic E-state index is -0.142. The summed E-state index contributed by atoms with van der Waals surface area (Å²) >= 11 is 6.66. The summed E-state index contributed by atoms with van der Waals surface area (Å²) in [5.74, 6) is 1.51. The first-order valence-corrected chi connectivity index (χ1v) is 10.7. The molecular weight excluding hydrogens is 444 g/mol. The first-order chi connectivity index (χ1) is 16.0. The van der Waals surface area contributed by atoms with Crippen LogP contribution in [0.2, 0.25) is 5.02 Å². The van der Waals surface area contributed by atoms with Crippen molar-refractivity contribution >= 4 is 40.2 Å². The first kappa shape index (κ1) is 21.0. The van der Waals surface area contributed by atoms with Gasteiger partial charge in [-0.2, -0.15) is 4.98 Å². The molecule has 1 aliphatic rings. The maximum Gasteiger partial charge on any atom is 0.274 e. The largest absolute Gasteiger partial charge is 0.450 e. The first-order valence-electron chi connectivity index (χ1n) is 10.3. The number of fused-ring (bicyclic) bond motifs is 1. The fourth-order valence-corrected chi connectivity index (χ4v) is 3.90. The van der Waals surface area contributed by atoms with Crippen molar-refractivity contribution in [3.05, 3.63) is 69.9 Å². The minimum absolute atomic E-state index is 0.142. The number of ether oxygens (including phenoxy) is 1. The molecule has 0 saturated heterocycles. The second kappa shape index (κ2) is 8.21. The average molecular weight is 465 g/mol. The maximum atomic E-state index is 12.7. The molecule has 1 saturated carbocycles. The van der Waals surface area contributed by atoms with E-state index < -0.39 is 0 Å². The van der Waals surface area contributed by atoms with Crippen molar-refractivity contribution in [2.45, 2.75) is 18.8 Å². The second-order valence-corrected chi connectivity index (χ2v) is 8.21. The third-order valence-corrected chi connectivity index (χ3v) is 5.86. The molecule has 0 amide bonds. The molecule has 0 aliphatic heterocycles. The number of nitrogens with one attached hydrogen (secondary N) is 1. The summed E-state index contributed by atoms with van der Waals surface area (Å²) in [6.45, 7) is 0. The Bertz CT molecular complexity index is 1440. The van der Waals surface area contributed by atoms with Crippen LogP contribution in [-0.2, 0) is 14.1 Å². The van der Waals surface area contributed by atoms with E-state index in [9.17, 15) is 4.79 Å². The van der Waals surface area contributed by atoms with Crippen LogP contribution >= 0.6 is 11.6 Å². The van der Waals surface area contributed by atoms with Gasteiger partial charge in [0, 0.05) is 38.9 Å². The van der Waals surface area contributed by atoms with Crippen LogP contribution in [0.3, 0.4) is 0 Å². The fraction of sp³-hybridized carbons (Fsp3) is 0.227. The van der Waals surface area contributed by atoms with E-state index in [1.54, 1.807) is 29.4 Å². The molecule has 0 aromatic carbocycles. The Balaban J connectivity index is 1.50. The van der Waals surface area contributed by atoms with E-state index in [0.717, 1.165) is 18.4 Å². The number of aryl methyl sites for hydroxylation is 2. The number of anilines is 2. The molecular formula is C22H21ClN8O2. The van der Waals surface area contributed by atoms with E-state index in [-0.39, 0.29) is 17.1 Å². The topological polar surface area (TPSA) is 126 Å². The Morgan fingerprint density at radius 3 is 2.79 bits per heavy atom. The van der Waals surface area contributed by atoms with Gasteiger partial charge >= 0.3 is 0 Å². The number of hydrogen-bond donors (Lipinski definition) is 2. The number of nitrogens with two attached hydrogens (primary N) is 1. The van der Waals surface area contributed by atoms with Gasteiger partial charge in [-0.3, -0.25) is 9.78 Å². The fourth-order valence-electron chi connectivity index (χ4n) is 3.60. The molecule has 5 rings (SSSR count). The zero-order chi connectivity index (χ0) is 23.1. The molecule has 0 radical (unpaired) electrons. The van der Waals surface area contributed by atoms with Crippen molar-refractivity contribution in [2.75, 3.05) is 5.32 Å². The Kier molecular flexibility index (Phi) is 5.21. The number of halogens is 1. The van der Waals surface area contributed by atoms with Crippen molar-refractivity contribution in [3.63, 3.8) is 0 Å². The van der Waals surface area contributed by atoms with Gasteiger partial charge in [0.25, 0.3) is 5.56 Å². The molecule has 0 unspecified atom stereocenters. The highest BCUT2D eigenvalue weighted by Crippen LogP contribution is 2.40. The predicted molar refractivity (Wildman–Crippen MR) is 125 cm³/mol. The summed E-state index contributed by atoms with van der Waals surface area (Å²) in [5.41, 5.74) is 8.57. The normalized spacial score (nSPS) is 14.0. The van der Waals surface area contributed by atoms with E-state index >= 15 is 0 Å². The summed E-state index contributed by atoms with van der Waals surface area (Å²) < 4.78 is 9.20. The number of hydrogen-bond acceptors (Lipinski definition) is 8. The summed E-state index contributed by atoms with van der Waals surface area (Å²) in [5, 5.41) is 3.44. The number of pyridine rings is 2. The molecule has 168 valence electrons. The SMILES string of the molecule is Cn1cc(C2CC2)cc(Nc2nc3ncc(OC(=CN)c4cnccn4)c(Cl)c3n2C)c1=O. The van der Waals surface area contributed by atoms with Crippen LogP contribution < -0.4 is 21.3 Å². The minimum Gasteiger partial charge on any atom is -0.450 e. The predicted octanol–water partition coefficient (Wildman–Crippen LogP) is 3.07. The molecule has 3 N–H and O–H groups in total. The molecule has 1 fully saturated rings. The Hall–Kier alpha value is -3.92. The van der Waals surface area contributed by atoms with Gasteiger partial charge in [-0.15, -0.1) is 0 Å². The summed E-state index contributed by atoms with van der Waals surface area (Å²) in [6, 6.07) is 1.89. The van der Waals surface area contributed by atoms with Crippen molar-refractivity contribution in [3.8, 4) is 5.75 Å². The van der Waals surface area contributed by atoms with Crippen molar-refractivity contribution in [1.82, 2.24) is 29.1 Å². The molecule has 4 heterocycles. The van der Waals surface area contributed by atoms with Crippen LogP contribution in [0.15, 0.2) is 48.0 Å². The van der Waals surface area contributed by atoms with Crippen LogP contribution in [-0.4, -0.2) is 29.1 Å². The van der Waals surface area contributed by atoms with Gasteiger partial charge in [-0.1, -0.05) is 11.6 Å². The Morgan fingerprint density at radius 2 is 2.09 bits per heavy atom. The van der Waals surface area contributed by atoms with Gasteiger partial charge in [0.05, 0.1) is 12.4 Å². The Morgan fingerprint density at radius 1 is 1.27 bits per heavy atom. The zero-order valence-electron chi connectivity index (χ0n) is 18.0. The van der Waals surface area contributed by atoms with E-state index in [0.29, 0.717) is 39.4 Å². The smallest absolute Gasteiger partial charge is 0.274 e. The average Bonchev–Trinajstić information content (AvgIpc) is 3.62. The second-order valence-electron chi connectivity index (χ2n) is 7.83. The monoisotopic (exact) mass is 464 g/mol. The van der Waals surface area contributed by atoms with Crippen molar-refractivity contribution in [2.24, 2.45) is 19.8 Å². The van der Waals surface area contributed by atoms with Gasteiger partial charge in [0.15, 0.2) is 17.2 Å². The van der Waals surface area contributed by atoms with Crippen LogP contribution in [0.1, 0.15) is 30.0 Å². The van der Waals surface area contributed by atoms with Gasteiger partial charge in [-0.25, -0.2) is 9.97 Å².